The van der Waals surface area contributed by atoms with E-state index in [2.05, 4.69) is 10.3 Å². The number of benzene rings is 1. The summed E-state index contributed by atoms with van der Waals surface area (Å²) in [4.78, 5) is 27.2. The molecule has 7 heteroatoms. The number of aromatic nitrogens is 1. The fourth-order valence-electron chi connectivity index (χ4n) is 2.24. The van der Waals surface area contributed by atoms with Crippen LogP contribution in [0.1, 0.15) is 26.3 Å². The number of hydrogen-bond acceptors (Lipinski definition) is 6. The second kappa shape index (κ2) is 7.74. The summed E-state index contributed by atoms with van der Waals surface area (Å²) in [5.74, 6) is -0.449. The summed E-state index contributed by atoms with van der Waals surface area (Å²) >= 11 is 0. The summed E-state index contributed by atoms with van der Waals surface area (Å²) in [5, 5.41) is 14.0. The maximum atomic E-state index is 12.6. The number of nitro groups is 1. The molecule has 0 bridgehead atoms. The summed E-state index contributed by atoms with van der Waals surface area (Å²) in [6.45, 7) is 5.31. The highest BCUT2D eigenvalue weighted by Gasteiger charge is 2.28. The summed E-state index contributed by atoms with van der Waals surface area (Å²) in [6.07, 6.45) is 1.76. The Morgan fingerprint density at radius 3 is 2.52 bits per heavy atom. The Morgan fingerprint density at radius 2 is 1.92 bits per heavy atom. The van der Waals surface area contributed by atoms with Crippen molar-refractivity contribution in [2.75, 3.05) is 5.32 Å². The Labute approximate surface area is 146 Å². The Morgan fingerprint density at radius 1 is 1.24 bits per heavy atom. The molecule has 2 rings (SSSR count). The van der Waals surface area contributed by atoms with Gasteiger partial charge in [0.2, 0.25) is 5.82 Å². The molecule has 0 radical (unpaired) electrons. The first-order chi connectivity index (χ1) is 11.8. The highest BCUT2D eigenvalue weighted by Crippen LogP contribution is 2.23. The quantitative estimate of drug-likeness (QED) is 0.491. The van der Waals surface area contributed by atoms with Crippen LogP contribution in [0.25, 0.3) is 0 Å². The lowest BCUT2D eigenvalue weighted by molar-refractivity contribution is -0.384. The van der Waals surface area contributed by atoms with Gasteiger partial charge in [-0.1, -0.05) is 30.3 Å². The van der Waals surface area contributed by atoms with Crippen LogP contribution in [0, 0.1) is 10.1 Å². The maximum Gasteiger partial charge on any atom is 0.329 e. The molecule has 0 saturated carbocycles. The van der Waals surface area contributed by atoms with Crippen molar-refractivity contribution in [1.29, 1.82) is 0 Å². The standard InChI is InChI=1S/C18H21N3O4/c1-18(2,3)25-17(22)14(12-13-8-5-4-6-9-13)20-16-15(21(23)24)10-7-11-19-16/h4-11,14H,12H2,1-3H3,(H,19,20)/t14-/m0/s1. The van der Waals surface area contributed by atoms with Gasteiger partial charge in [-0.3, -0.25) is 10.1 Å². The molecule has 1 N–H and O–H groups in total. The average molecular weight is 343 g/mol. The van der Waals surface area contributed by atoms with E-state index in [-0.39, 0.29) is 11.5 Å². The molecule has 0 amide bonds. The fraction of sp³-hybridized carbons (Fsp3) is 0.333. The molecular formula is C18H21N3O4. The van der Waals surface area contributed by atoms with E-state index in [0.29, 0.717) is 6.42 Å². The maximum absolute atomic E-state index is 12.6. The van der Waals surface area contributed by atoms with Crippen LogP contribution >= 0.6 is 0 Å². The summed E-state index contributed by atoms with van der Waals surface area (Å²) in [6, 6.07) is 11.4. The van der Waals surface area contributed by atoms with Gasteiger partial charge >= 0.3 is 11.7 Å². The molecule has 0 aliphatic rings. The highest BCUT2D eigenvalue weighted by molar-refractivity contribution is 5.80. The molecule has 2 aromatic rings. The number of esters is 1. The van der Waals surface area contributed by atoms with E-state index in [1.807, 2.05) is 30.3 Å². The van der Waals surface area contributed by atoms with Gasteiger partial charge in [-0.25, -0.2) is 9.78 Å². The van der Waals surface area contributed by atoms with E-state index < -0.39 is 22.5 Å². The highest BCUT2D eigenvalue weighted by atomic mass is 16.6. The largest absolute Gasteiger partial charge is 0.458 e. The van der Waals surface area contributed by atoms with Crippen LogP contribution < -0.4 is 5.32 Å². The summed E-state index contributed by atoms with van der Waals surface area (Å²) < 4.78 is 5.45. The molecule has 1 heterocycles. The van der Waals surface area contributed by atoms with Crippen molar-refractivity contribution in [3.05, 3.63) is 64.3 Å². The predicted molar refractivity (Wildman–Crippen MR) is 94.3 cm³/mol. The van der Waals surface area contributed by atoms with E-state index in [0.717, 1.165) is 5.56 Å². The SMILES string of the molecule is CC(C)(C)OC(=O)[C@H](Cc1ccccc1)Nc1ncccc1[N+](=O)[O-]. The van der Waals surface area contributed by atoms with Crippen LogP contribution in [0.3, 0.4) is 0 Å². The molecule has 1 aromatic carbocycles. The summed E-state index contributed by atoms with van der Waals surface area (Å²) in [7, 11) is 0. The van der Waals surface area contributed by atoms with Crippen molar-refractivity contribution < 1.29 is 14.5 Å². The van der Waals surface area contributed by atoms with Gasteiger partial charge in [-0.2, -0.15) is 0 Å². The van der Waals surface area contributed by atoms with Gasteiger partial charge in [0, 0.05) is 18.7 Å². The molecular weight excluding hydrogens is 322 g/mol. The van der Waals surface area contributed by atoms with Gasteiger partial charge in [0.15, 0.2) is 0 Å². The van der Waals surface area contributed by atoms with Gasteiger partial charge in [0.05, 0.1) is 4.92 Å². The molecule has 0 spiro atoms. The smallest absolute Gasteiger partial charge is 0.329 e. The molecule has 1 aromatic heterocycles. The van der Waals surface area contributed by atoms with Crippen molar-refractivity contribution in [3.8, 4) is 0 Å². The van der Waals surface area contributed by atoms with E-state index in [1.54, 1.807) is 20.8 Å². The normalized spacial score (nSPS) is 12.3. The van der Waals surface area contributed by atoms with Gasteiger partial charge in [0.1, 0.15) is 11.6 Å². The first-order valence-corrected chi connectivity index (χ1v) is 7.89. The number of nitrogens with one attached hydrogen (secondary N) is 1. The first kappa shape index (κ1) is 18.4. The number of ether oxygens (including phenoxy) is 1. The third-order valence-corrected chi connectivity index (χ3v) is 3.27. The third-order valence-electron chi connectivity index (χ3n) is 3.27. The Kier molecular flexibility index (Phi) is 5.69. The van der Waals surface area contributed by atoms with Crippen molar-refractivity contribution in [2.24, 2.45) is 0 Å². The average Bonchev–Trinajstić information content (AvgIpc) is 2.54. The minimum atomic E-state index is -0.796. The van der Waals surface area contributed by atoms with Gasteiger partial charge in [0.25, 0.3) is 0 Å². The fourth-order valence-corrected chi connectivity index (χ4v) is 2.24. The van der Waals surface area contributed by atoms with E-state index >= 15 is 0 Å². The Bertz CT molecular complexity index is 741. The van der Waals surface area contributed by atoms with Crippen LogP contribution in [0.4, 0.5) is 11.5 Å². The molecule has 0 aliphatic carbocycles. The van der Waals surface area contributed by atoms with Crippen LogP contribution in [0.15, 0.2) is 48.7 Å². The lowest BCUT2D eigenvalue weighted by atomic mass is 10.1. The van der Waals surface area contributed by atoms with Gasteiger partial charge in [-0.15, -0.1) is 0 Å². The Hall–Kier alpha value is -2.96. The number of rotatable bonds is 6. The van der Waals surface area contributed by atoms with Crippen molar-refractivity contribution in [1.82, 2.24) is 4.98 Å². The van der Waals surface area contributed by atoms with E-state index in [4.69, 9.17) is 4.74 Å². The minimum Gasteiger partial charge on any atom is -0.458 e. The number of anilines is 1. The molecule has 0 saturated heterocycles. The number of hydrogen-bond donors (Lipinski definition) is 1. The molecule has 0 fully saturated rings. The molecule has 0 aliphatic heterocycles. The number of carbonyl (C=O) groups is 1. The lowest BCUT2D eigenvalue weighted by Crippen LogP contribution is -2.38. The van der Waals surface area contributed by atoms with Crippen molar-refractivity contribution in [2.45, 2.75) is 38.8 Å². The van der Waals surface area contributed by atoms with Crippen LogP contribution in [-0.2, 0) is 16.0 Å². The van der Waals surface area contributed by atoms with E-state index in [1.165, 1.54) is 18.3 Å². The summed E-state index contributed by atoms with van der Waals surface area (Å²) in [5.41, 5.74) is 0.0533. The second-order valence-corrected chi connectivity index (χ2v) is 6.55. The minimum absolute atomic E-state index is 0.0410. The van der Waals surface area contributed by atoms with Crippen molar-refractivity contribution in [3.63, 3.8) is 0 Å². The van der Waals surface area contributed by atoms with Crippen molar-refractivity contribution >= 4 is 17.5 Å². The second-order valence-electron chi connectivity index (χ2n) is 6.55. The molecule has 1 atom stereocenters. The number of carbonyl (C=O) groups excluding carboxylic acids is 1. The van der Waals surface area contributed by atoms with Gasteiger partial charge < -0.3 is 10.1 Å². The zero-order valence-corrected chi connectivity index (χ0v) is 14.4. The van der Waals surface area contributed by atoms with Crippen LogP contribution in [0.5, 0.6) is 0 Å². The monoisotopic (exact) mass is 343 g/mol. The molecule has 132 valence electrons. The van der Waals surface area contributed by atoms with E-state index in [9.17, 15) is 14.9 Å². The zero-order chi connectivity index (χ0) is 18.4. The number of nitrogens with zero attached hydrogens (tertiary/aromatic N) is 2. The van der Waals surface area contributed by atoms with Crippen LogP contribution in [-0.4, -0.2) is 27.5 Å². The number of pyridine rings is 1. The topological polar surface area (TPSA) is 94.4 Å². The lowest BCUT2D eigenvalue weighted by Gasteiger charge is -2.25. The molecule has 25 heavy (non-hydrogen) atoms. The predicted octanol–water partition coefficient (Wildman–Crippen LogP) is 3.35. The third kappa shape index (κ3) is 5.56. The van der Waals surface area contributed by atoms with Gasteiger partial charge in [-0.05, 0) is 32.4 Å². The zero-order valence-electron chi connectivity index (χ0n) is 14.4. The van der Waals surface area contributed by atoms with Crippen LogP contribution in [0.2, 0.25) is 0 Å². The Balaban J connectivity index is 2.28. The molecule has 0 unspecified atom stereocenters. The molecule has 7 nitrogen and oxygen atoms in total. The first-order valence-electron chi connectivity index (χ1n) is 7.89.